The molecule has 1 aliphatic rings. The van der Waals surface area contributed by atoms with Crippen LogP contribution in [0.1, 0.15) is 25.3 Å². The van der Waals surface area contributed by atoms with Crippen LogP contribution >= 0.6 is 23.1 Å². The number of likely N-dealkylation sites (tertiary alicyclic amines) is 1. The minimum atomic E-state index is -0.143. The van der Waals surface area contributed by atoms with Gasteiger partial charge in [0.05, 0.1) is 5.25 Å². The molecule has 7 heteroatoms. The summed E-state index contributed by atoms with van der Waals surface area (Å²) in [6.07, 6.45) is 5.04. The number of benzene rings is 1. The molecule has 0 spiro atoms. The lowest BCUT2D eigenvalue weighted by Crippen LogP contribution is -2.42. The Morgan fingerprint density at radius 2 is 2.11 bits per heavy atom. The van der Waals surface area contributed by atoms with Crippen molar-refractivity contribution in [1.82, 2.24) is 15.1 Å². The largest absolute Gasteiger partial charge is 0.357 e. The Labute approximate surface area is 169 Å². The van der Waals surface area contributed by atoms with Crippen LogP contribution in [-0.4, -0.2) is 45.9 Å². The van der Waals surface area contributed by atoms with E-state index in [0.717, 1.165) is 41.8 Å². The molecule has 1 saturated heterocycles. The van der Waals surface area contributed by atoms with Gasteiger partial charge in [0.25, 0.3) is 0 Å². The molecule has 1 aliphatic heterocycles. The second-order valence-electron chi connectivity index (χ2n) is 6.76. The standard InChI is InChI=1S/C20H26N4OS2/c1-3-11-21-19-22-23-20(27-19)26-15(2)18(25)24-12-9-17(10-13-24)14-16-7-5-4-6-8-16/h3-8,15,17H,1,9-14H2,2H3,(H,21,22)/t15-/m0/s1. The first-order valence-electron chi connectivity index (χ1n) is 9.33. The second kappa shape index (κ2) is 9.90. The number of aromatic nitrogens is 2. The summed E-state index contributed by atoms with van der Waals surface area (Å²) in [6.45, 7) is 7.99. The number of carbonyl (C=O) groups excluding carboxylic acids is 1. The van der Waals surface area contributed by atoms with Crippen LogP contribution < -0.4 is 5.32 Å². The van der Waals surface area contributed by atoms with Gasteiger partial charge in [0, 0.05) is 19.6 Å². The molecule has 1 aromatic carbocycles. The topological polar surface area (TPSA) is 58.1 Å². The van der Waals surface area contributed by atoms with Gasteiger partial charge in [-0.3, -0.25) is 4.79 Å². The molecule has 1 aromatic heterocycles. The zero-order chi connectivity index (χ0) is 19.1. The number of piperidine rings is 1. The molecule has 0 aliphatic carbocycles. The third-order valence-corrected chi connectivity index (χ3v) is 6.78. The molecule has 0 bridgehead atoms. The fraction of sp³-hybridized carbons (Fsp3) is 0.450. The quantitative estimate of drug-likeness (QED) is 0.532. The fourth-order valence-electron chi connectivity index (χ4n) is 3.25. The molecule has 5 nitrogen and oxygen atoms in total. The normalized spacial score (nSPS) is 16.1. The van der Waals surface area contributed by atoms with Gasteiger partial charge in [-0.25, -0.2) is 0 Å². The summed E-state index contributed by atoms with van der Waals surface area (Å²) in [7, 11) is 0. The van der Waals surface area contributed by atoms with Gasteiger partial charge in [0.15, 0.2) is 4.34 Å². The molecule has 1 fully saturated rings. The zero-order valence-corrected chi connectivity index (χ0v) is 17.3. The summed E-state index contributed by atoms with van der Waals surface area (Å²) in [5, 5.41) is 12.0. The van der Waals surface area contributed by atoms with E-state index in [-0.39, 0.29) is 11.2 Å². The lowest BCUT2D eigenvalue weighted by Gasteiger charge is -2.33. The van der Waals surface area contributed by atoms with Crippen molar-refractivity contribution in [1.29, 1.82) is 0 Å². The van der Waals surface area contributed by atoms with Crippen molar-refractivity contribution in [3.8, 4) is 0 Å². The van der Waals surface area contributed by atoms with Crippen molar-refractivity contribution in [2.24, 2.45) is 5.92 Å². The van der Waals surface area contributed by atoms with E-state index in [1.807, 2.05) is 11.8 Å². The highest BCUT2D eigenvalue weighted by atomic mass is 32.2. The van der Waals surface area contributed by atoms with Gasteiger partial charge in [0.1, 0.15) is 0 Å². The lowest BCUT2D eigenvalue weighted by atomic mass is 9.90. The summed E-state index contributed by atoms with van der Waals surface area (Å²) in [5.74, 6) is 0.870. The van der Waals surface area contributed by atoms with E-state index in [0.29, 0.717) is 12.5 Å². The SMILES string of the molecule is C=CCNc1nnc(S[C@@H](C)C(=O)N2CCC(Cc3ccccc3)CC2)s1. The van der Waals surface area contributed by atoms with Crippen LogP contribution in [0.4, 0.5) is 5.13 Å². The van der Waals surface area contributed by atoms with Crippen molar-refractivity contribution in [2.75, 3.05) is 25.0 Å². The number of thioether (sulfide) groups is 1. The van der Waals surface area contributed by atoms with Crippen molar-refractivity contribution in [3.63, 3.8) is 0 Å². The predicted molar refractivity (Wildman–Crippen MR) is 113 cm³/mol. The summed E-state index contributed by atoms with van der Waals surface area (Å²) < 4.78 is 0.821. The van der Waals surface area contributed by atoms with Gasteiger partial charge in [-0.05, 0) is 37.7 Å². The van der Waals surface area contributed by atoms with Crippen LogP contribution in [0.15, 0.2) is 47.3 Å². The number of amides is 1. The molecule has 1 atom stereocenters. The number of hydrogen-bond acceptors (Lipinski definition) is 6. The molecule has 2 heterocycles. The number of nitrogens with one attached hydrogen (secondary N) is 1. The van der Waals surface area contributed by atoms with E-state index < -0.39 is 0 Å². The highest BCUT2D eigenvalue weighted by molar-refractivity contribution is 8.02. The van der Waals surface area contributed by atoms with Gasteiger partial charge in [-0.1, -0.05) is 59.5 Å². The number of carbonyl (C=O) groups is 1. The molecule has 1 amide bonds. The van der Waals surface area contributed by atoms with Gasteiger partial charge in [-0.2, -0.15) is 0 Å². The van der Waals surface area contributed by atoms with Crippen molar-refractivity contribution in [3.05, 3.63) is 48.6 Å². The highest BCUT2D eigenvalue weighted by Gasteiger charge is 2.27. The van der Waals surface area contributed by atoms with Gasteiger partial charge in [-0.15, -0.1) is 16.8 Å². The van der Waals surface area contributed by atoms with E-state index >= 15 is 0 Å². The molecule has 1 N–H and O–H groups in total. The average molecular weight is 403 g/mol. The van der Waals surface area contributed by atoms with E-state index in [1.165, 1.54) is 28.7 Å². The highest BCUT2D eigenvalue weighted by Crippen LogP contribution is 2.30. The maximum atomic E-state index is 12.8. The van der Waals surface area contributed by atoms with Crippen molar-refractivity contribution >= 4 is 34.1 Å². The number of anilines is 1. The Hall–Kier alpha value is -1.86. The van der Waals surface area contributed by atoms with Gasteiger partial charge < -0.3 is 10.2 Å². The molecule has 144 valence electrons. The van der Waals surface area contributed by atoms with Crippen LogP contribution in [0.5, 0.6) is 0 Å². The van der Waals surface area contributed by atoms with Gasteiger partial charge >= 0.3 is 0 Å². The van der Waals surface area contributed by atoms with Crippen LogP contribution in [0.2, 0.25) is 0 Å². The van der Waals surface area contributed by atoms with E-state index in [4.69, 9.17) is 0 Å². The fourth-order valence-corrected chi connectivity index (χ4v) is 5.24. The lowest BCUT2D eigenvalue weighted by molar-refractivity contribution is -0.131. The zero-order valence-electron chi connectivity index (χ0n) is 15.6. The van der Waals surface area contributed by atoms with E-state index in [9.17, 15) is 4.79 Å². The summed E-state index contributed by atoms with van der Waals surface area (Å²) >= 11 is 2.97. The summed E-state index contributed by atoms with van der Waals surface area (Å²) in [5.41, 5.74) is 1.39. The van der Waals surface area contributed by atoms with Gasteiger partial charge in [0.2, 0.25) is 11.0 Å². The Balaban J connectivity index is 1.45. The monoisotopic (exact) mass is 402 g/mol. The number of rotatable bonds is 8. The third kappa shape index (κ3) is 5.81. The first-order chi connectivity index (χ1) is 13.2. The van der Waals surface area contributed by atoms with Crippen LogP contribution in [0.3, 0.4) is 0 Å². The van der Waals surface area contributed by atoms with Crippen molar-refractivity contribution < 1.29 is 4.79 Å². The molecular weight excluding hydrogens is 376 g/mol. The molecule has 27 heavy (non-hydrogen) atoms. The second-order valence-corrected chi connectivity index (χ2v) is 9.33. The Morgan fingerprint density at radius 1 is 1.37 bits per heavy atom. The molecular formula is C20H26N4OS2. The Morgan fingerprint density at radius 3 is 2.81 bits per heavy atom. The summed E-state index contributed by atoms with van der Waals surface area (Å²) in [4.78, 5) is 14.8. The van der Waals surface area contributed by atoms with Crippen LogP contribution in [-0.2, 0) is 11.2 Å². The third-order valence-electron chi connectivity index (χ3n) is 4.72. The average Bonchev–Trinajstić information content (AvgIpc) is 3.14. The minimum absolute atomic E-state index is 0.143. The molecule has 2 aromatic rings. The molecule has 0 radical (unpaired) electrons. The number of hydrogen-bond donors (Lipinski definition) is 1. The first-order valence-corrected chi connectivity index (χ1v) is 11.0. The predicted octanol–water partition coefficient (Wildman–Crippen LogP) is 4.10. The molecule has 0 unspecified atom stereocenters. The molecule has 0 saturated carbocycles. The minimum Gasteiger partial charge on any atom is -0.357 e. The maximum absolute atomic E-state index is 12.8. The van der Waals surface area contributed by atoms with Crippen LogP contribution in [0.25, 0.3) is 0 Å². The summed E-state index contributed by atoms with van der Waals surface area (Å²) in [6, 6.07) is 10.6. The van der Waals surface area contributed by atoms with E-state index in [1.54, 1.807) is 6.08 Å². The molecule has 3 rings (SSSR count). The van der Waals surface area contributed by atoms with Crippen molar-refractivity contribution in [2.45, 2.75) is 35.8 Å². The first kappa shape index (κ1) is 19.9. The maximum Gasteiger partial charge on any atom is 0.235 e. The van der Waals surface area contributed by atoms with Crippen LogP contribution in [0, 0.1) is 5.92 Å². The Bertz CT molecular complexity index is 741. The smallest absolute Gasteiger partial charge is 0.235 e. The van der Waals surface area contributed by atoms with E-state index in [2.05, 4.69) is 52.4 Å². The number of nitrogens with zero attached hydrogens (tertiary/aromatic N) is 3. The Kier molecular flexibility index (Phi) is 7.29.